The third kappa shape index (κ3) is 4.94. The van der Waals surface area contributed by atoms with Crippen LogP contribution in [-0.2, 0) is 11.3 Å². The molecule has 32 heavy (non-hydrogen) atoms. The van der Waals surface area contributed by atoms with Gasteiger partial charge < -0.3 is 14.4 Å². The highest BCUT2D eigenvalue weighted by Crippen LogP contribution is 2.29. The molecular weight excluding hydrogens is 400 g/mol. The van der Waals surface area contributed by atoms with E-state index in [9.17, 15) is 4.79 Å². The Bertz CT molecular complexity index is 976. The first-order valence-electron chi connectivity index (χ1n) is 11.0. The van der Waals surface area contributed by atoms with Crippen molar-refractivity contribution >= 4 is 5.91 Å². The molecule has 166 valence electrons. The van der Waals surface area contributed by atoms with Gasteiger partial charge in [0.1, 0.15) is 11.5 Å². The number of ether oxygens (including phenoxy) is 2. The minimum absolute atomic E-state index is 0.170. The maximum Gasteiger partial charge on any atom is 0.234 e. The molecule has 0 aromatic heterocycles. The highest BCUT2D eigenvalue weighted by atomic mass is 16.5. The molecule has 3 aromatic carbocycles. The quantitative estimate of drug-likeness (QED) is 0.564. The average molecular weight is 431 g/mol. The molecule has 0 N–H and O–H groups in total. The van der Waals surface area contributed by atoms with E-state index in [1.165, 1.54) is 0 Å². The maximum absolute atomic E-state index is 13.6. The lowest BCUT2D eigenvalue weighted by molar-refractivity contribution is -0.133. The first kappa shape index (κ1) is 21.9. The van der Waals surface area contributed by atoms with E-state index in [0.29, 0.717) is 13.1 Å². The Morgan fingerprint density at radius 3 is 1.94 bits per heavy atom. The molecule has 0 spiro atoms. The van der Waals surface area contributed by atoms with E-state index < -0.39 is 0 Å². The summed E-state index contributed by atoms with van der Waals surface area (Å²) in [6.45, 7) is 3.88. The van der Waals surface area contributed by atoms with Crippen LogP contribution in [0.3, 0.4) is 0 Å². The normalized spacial score (nSPS) is 14.4. The summed E-state index contributed by atoms with van der Waals surface area (Å²) in [5.41, 5.74) is 3.20. The smallest absolute Gasteiger partial charge is 0.234 e. The van der Waals surface area contributed by atoms with Gasteiger partial charge in [-0.1, -0.05) is 66.7 Å². The van der Waals surface area contributed by atoms with Crippen LogP contribution in [-0.4, -0.2) is 56.1 Å². The summed E-state index contributed by atoms with van der Waals surface area (Å²) >= 11 is 0. The number of methoxy groups -OCH3 is 2. The van der Waals surface area contributed by atoms with Gasteiger partial charge in [0.05, 0.1) is 20.1 Å². The number of hydrogen-bond donors (Lipinski definition) is 0. The van der Waals surface area contributed by atoms with Gasteiger partial charge in [-0.15, -0.1) is 0 Å². The molecule has 0 bridgehead atoms. The molecule has 1 fully saturated rings. The highest BCUT2D eigenvalue weighted by Gasteiger charge is 2.30. The molecule has 1 amide bonds. The first-order valence-corrected chi connectivity index (χ1v) is 11.0. The van der Waals surface area contributed by atoms with Crippen molar-refractivity contribution in [3.63, 3.8) is 0 Å². The first-order chi connectivity index (χ1) is 15.7. The summed E-state index contributed by atoms with van der Waals surface area (Å²) in [5.74, 6) is 1.51. The van der Waals surface area contributed by atoms with Gasteiger partial charge >= 0.3 is 0 Å². The van der Waals surface area contributed by atoms with Gasteiger partial charge in [0.2, 0.25) is 5.91 Å². The van der Waals surface area contributed by atoms with Crippen LogP contribution >= 0.6 is 0 Å². The molecule has 4 rings (SSSR count). The maximum atomic E-state index is 13.6. The Hall–Kier alpha value is -3.31. The van der Waals surface area contributed by atoms with Crippen LogP contribution in [0.25, 0.3) is 0 Å². The van der Waals surface area contributed by atoms with Crippen molar-refractivity contribution in [2.24, 2.45) is 0 Å². The summed E-state index contributed by atoms with van der Waals surface area (Å²) in [5, 5.41) is 0. The fourth-order valence-electron chi connectivity index (χ4n) is 4.30. The minimum Gasteiger partial charge on any atom is -0.497 e. The second kappa shape index (κ2) is 10.3. The molecule has 1 aliphatic rings. The van der Waals surface area contributed by atoms with Crippen molar-refractivity contribution in [2.75, 3.05) is 40.4 Å². The second-order valence-corrected chi connectivity index (χ2v) is 8.03. The Morgan fingerprint density at radius 2 is 1.41 bits per heavy atom. The molecular formula is C27H30N2O3. The van der Waals surface area contributed by atoms with Gasteiger partial charge in [0.25, 0.3) is 0 Å². The molecule has 0 saturated carbocycles. The Balaban J connectivity index is 1.44. The molecule has 0 atom stereocenters. The predicted molar refractivity (Wildman–Crippen MR) is 126 cm³/mol. The topological polar surface area (TPSA) is 42.0 Å². The highest BCUT2D eigenvalue weighted by molar-refractivity contribution is 5.87. The zero-order chi connectivity index (χ0) is 22.3. The summed E-state index contributed by atoms with van der Waals surface area (Å²) in [6.07, 6.45) is 0. The number of benzene rings is 3. The summed E-state index contributed by atoms with van der Waals surface area (Å²) < 4.78 is 10.8. The van der Waals surface area contributed by atoms with Gasteiger partial charge in [0.15, 0.2) is 0 Å². The van der Waals surface area contributed by atoms with E-state index in [4.69, 9.17) is 9.47 Å². The van der Waals surface area contributed by atoms with E-state index in [1.807, 2.05) is 77.7 Å². The summed E-state index contributed by atoms with van der Waals surface area (Å²) in [6, 6.07) is 26.1. The minimum atomic E-state index is -0.273. The van der Waals surface area contributed by atoms with Crippen molar-refractivity contribution in [1.29, 1.82) is 0 Å². The molecule has 5 nitrogen and oxygen atoms in total. The lowest BCUT2D eigenvalue weighted by Gasteiger charge is -2.37. The number of carbonyl (C=O) groups excluding carboxylic acids is 1. The van der Waals surface area contributed by atoms with Crippen molar-refractivity contribution in [1.82, 2.24) is 9.80 Å². The number of hydrogen-bond acceptors (Lipinski definition) is 4. The van der Waals surface area contributed by atoms with E-state index in [2.05, 4.69) is 11.0 Å². The molecule has 0 aliphatic carbocycles. The monoisotopic (exact) mass is 430 g/mol. The SMILES string of the molecule is COc1ccc(CN2CCN(C(=O)C(c3ccccc3)c3ccccc3)CC2)c(OC)c1. The van der Waals surface area contributed by atoms with E-state index >= 15 is 0 Å². The summed E-state index contributed by atoms with van der Waals surface area (Å²) in [4.78, 5) is 18.0. The van der Waals surface area contributed by atoms with Gasteiger partial charge in [-0.3, -0.25) is 9.69 Å². The Kier molecular flexibility index (Phi) is 7.07. The number of nitrogens with zero attached hydrogens (tertiary/aromatic N) is 2. The summed E-state index contributed by atoms with van der Waals surface area (Å²) in [7, 11) is 3.34. The predicted octanol–water partition coefficient (Wildman–Crippen LogP) is 4.18. The van der Waals surface area contributed by atoms with Gasteiger partial charge in [-0.05, 0) is 17.2 Å². The van der Waals surface area contributed by atoms with Crippen LogP contribution in [0.15, 0.2) is 78.9 Å². The van der Waals surface area contributed by atoms with E-state index in [1.54, 1.807) is 14.2 Å². The molecule has 3 aromatic rings. The number of carbonyl (C=O) groups is 1. The van der Waals surface area contributed by atoms with Crippen molar-refractivity contribution in [2.45, 2.75) is 12.5 Å². The molecule has 0 radical (unpaired) electrons. The standard InChI is InChI=1S/C27H30N2O3/c1-31-24-14-13-23(25(19-24)32-2)20-28-15-17-29(18-16-28)27(30)26(21-9-5-3-6-10-21)22-11-7-4-8-12-22/h3-14,19,26H,15-18,20H2,1-2H3. The number of piperazine rings is 1. The van der Waals surface area contributed by atoms with Crippen LogP contribution in [0.4, 0.5) is 0 Å². The number of amides is 1. The molecule has 1 saturated heterocycles. The van der Waals surface area contributed by atoms with Crippen LogP contribution in [0, 0.1) is 0 Å². The molecule has 1 heterocycles. The van der Waals surface area contributed by atoms with Crippen LogP contribution in [0.5, 0.6) is 11.5 Å². The average Bonchev–Trinajstić information content (AvgIpc) is 2.86. The van der Waals surface area contributed by atoms with Gasteiger partial charge in [0, 0.05) is 44.4 Å². The zero-order valence-electron chi connectivity index (χ0n) is 18.7. The number of rotatable bonds is 7. The third-order valence-corrected chi connectivity index (χ3v) is 6.08. The van der Waals surface area contributed by atoms with E-state index in [0.717, 1.165) is 47.8 Å². The molecule has 0 unspecified atom stereocenters. The largest absolute Gasteiger partial charge is 0.497 e. The van der Waals surface area contributed by atoms with Crippen molar-refractivity contribution in [3.05, 3.63) is 95.6 Å². The fraction of sp³-hybridized carbons (Fsp3) is 0.296. The van der Waals surface area contributed by atoms with Crippen LogP contribution in [0.1, 0.15) is 22.6 Å². The van der Waals surface area contributed by atoms with Crippen molar-refractivity contribution in [3.8, 4) is 11.5 Å². The lowest BCUT2D eigenvalue weighted by Crippen LogP contribution is -2.49. The fourth-order valence-corrected chi connectivity index (χ4v) is 4.30. The molecule has 1 aliphatic heterocycles. The Morgan fingerprint density at radius 1 is 0.812 bits per heavy atom. The van der Waals surface area contributed by atoms with Gasteiger partial charge in [-0.25, -0.2) is 0 Å². The second-order valence-electron chi connectivity index (χ2n) is 8.03. The Labute approximate surface area is 190 Å². The van der Waals surface area contributed by atoms with Crippen LogP contribution in [0.2, 0.25) is 0 Å². The lowest BCUT2D eigenvalue weighted by atomic mass is 9.90. The molecule has 5 heteroatoms. The zero-order valence-corrected chi connectivity index (χ0v) is 18.7. The van der Waals surface area contributed by atoms with Crippen LogP contribution < -0.4 is 9.47 Å². The van der Waals surface area contributed by atoms with E-state index in [-0.39, 0.29) is 11.8 Å². The van der Waals surface area contributed by atoms with Gasteiger partial charge in [-0.2, -0.15) is 0 Å². The third-order valence-electron chi connectivity index (χ3n) is 6.08. The van der Waals surface area contributed by atoms with Crippen molar-refractivity contribution < 1.29 is 14.3 Å².